The van der Waals surface area contributed by atoms with Gasteiger partial charge in [-0.25, -0.2) is 0 Å². The minimum Gasteiger partial charge on any atom is -0.368 e. The van der Waals surface area contributed by atoms with Gasteiger partial charge in [-0.2, -0.15) is 0 Å². The Balaban J connectivity index is 1.86. The summed E-state index contributed by atoms with van der Waals surface area (Å²) in [6.07, 6.45) is 1.86. The molecule has 5 nitrogen and oxygen atoms in total. The van der Waals surface area contributed by atoms with Crippen LogP contribution in [0.5, 0.6) is 0 Å². The van der Waals surface area contributed by atoms with Gasteiger partial charge in [0.15, 0.2) is 0 Å². The molecule has 1 aromatic carbocycles. The summed E-state index contributed by atoms with van der Waals surface area (Å²) in [4.78, 5) is 23.6. The molecule has 1 atom stereocenters. The van der Waals surface area contributed by atoms with Crippen LogP contribution in [0, 0.1) is 5.92 Å². The lowest BCUT2D eigenvalue weighted by Crippen LogP contribution is -2.26. The number of rotatable bonds is 5. The fourth-order valence-electron chi connectivity index (χ4n) is 2.23. The number of benzene rings is 1. The number of carbonyl (C=O) groups excluding carboxylic acids is 2. The van der Waals surface area contributed by atoms with Gasteiger partial charge in [-0.3, -0.25) is 9.59 Å². The van der Waals surface area contributed by atoms with Gasteiger partial charge in [-0.1, -0.05) is 13.8 Å². The number of hydrogen-bond donors (Lipinski definition) is 2. The minimum absolute atomic E-state index is 0.00106. The Bertz CT molecular complexity index is 491. The lowest BCUT2D eigenvalue weighted by molar-refractivity contribution is -0.124. The lowest BCUT2D eigenvalue weighted by atomic mass is 10.1. The highest BCUT2D eigenvalue weighted by Gasteiger charge is 2.23. The van der Waals surface area contributed by atoms with Gasteiger partial charge in [0.25, 0.3) is 5.91 Å². The topological polar surface area (TPSA) is 67.4 Å². The van der Waals surface area contributed by atoms with Gasteiger partial charge in [-0.05, 0) is 43.0 Å². The Morgan fingerprint density at radius 2 is 1.81 bits per heavy atom. The standard InChI is InChI=1S/C16H22N2O3/c1-11(2)10-15(19)17-12-5-7-13(8-6-12)18-16(20)14-4-3-9-21-14/h5-8,11,14H,3-4,9-10H2,1-2H3,(H,17,19)(H,18,20). The molecule has 2 rings (SSSR count). The van der Waals surface area contributed by atoms with Gasteiger partial charge in [0.05, 0.1) is 0 Å². The molecule has 1 aliphatic rings. The molecule has 0 aliphatic carbocycles. The Labute approximate surface area is 125 Å². The first kappa shape index (κ1) is 15.5. The van der Waals surface area contributed by atoms with Gasteiger partial charge in [0.2, 0.25) is 5.91 Å². The highest BCUT2D eigenvalue weighted by atomic mass is 16.5. The van der Waals surface area contributed by atoms with Crippen LogP contribution in [-0.2, 0) is 14.3 Å². The maximum Gasteiger partial charge on any atom is 0.253 e. The number of carbonyl (C=O) groups is 2. The number of anilines is 2. The van der Waals surface area contributed by atoms with Gasteiger partial charge >= 0.3 is 0 Å². The fourth-order valence-corrected chi connectivity index (χ4v) is 2.23. The number of hydrogen-bond acceptors (Lipinski definition) is 3. The third-order valence-corrected chi connectivity index (χ3v) is 3.25. The second-order valence-electron chi connectivity index (χ2n) is 5.71. The molecule has 1 unspecified atom stereocenters. The molecule has 1 saturated heterocycles. The van der Waals surface area contributed by atoms with E-state index >= 15 is 0 Å². The molecule has 1 aliphatic heterocycles. The smallest absolute Gasteiger partial charge is 0.253 e. The molecule has 2 N–H and O–H groups in total. The highest BCUT2D eigenvalue weighted by molar-refractivity contribution is 5.95. The predicted octanol–water partition coefficient (Wildman–Crippen LogP) is 2.79. The second kappa shape index (κ2) is 7.22. The zero-order valence-electron chi connectivity index (χ0n) is 12.5. The van der Waals surface area contributed by atoms with Crippen LogP contribution >= 0.6 is 0 Å². The van der Waals surface area contributed by atoms with Crippen molar-refractivity contribution in [1.29, 1.82) is 0 Å². The van der Waals surface area contributed by atoms with Crippen molar-refractivity contribution in [3.05, 3.63) is 24.3 Å². The molecule has 1 aromatic rings. The van der Waals surface area contributed by atoms with Gasteiger partial charge in [0.1, 0.15) is 6.10 Å². The SMILES string of the molecule is CC(C)CC(=O)Nc1ccc(NC(=O)C2CCCO2)cc1. The molecule has 114 valence electrons. The summed E-state index contributed by atoms with van der Waals surface area (Å²) in [6.45, 7) is 4.66. The Morgan fingerprint density at radius 3 is 2.33 bits per heavy atom. The van der Waals surface area contributed by atoms with Crippen LogP contribution in [0.2, 0.25) is 0 Å². The summed E-state index contributed by atoms with van der Waals surface area (Å²) in [5.41, 5.74) is 1.44. The van der Waals surface area contributed by atoms with Gasteiger partial charge in [0, 0.05) is 24.4 Å². The summed E-state index contributed by atoms with van der Waals surface area (Å²) in [5.74, 6) is 0.222. The van der Waals surface area contributed by atoms with Crippen LogP contribution in [-0.4, -0.2) is 24.5 Å². The summed E-state index contributed by atoms with van der Waals surface area (Å²) < 4.78 is 5.33. The molecule has 0 spiro atoms. The molecule has 0 aromatic heterocycles. The van der Waals surface area contributed by atoms with Crippen molar-refractivity contribution in [2.45, 2.75) is 39.2 Å². The molecule has 1 heterocycles. The molecule has 2 amide bonds. The number of nitrogens with one attached hydrogen (secondary N) is 2. The quantitative estimate of drug-likeness (QED) is 0.876. The van der Waals surface area contributed by atoms with Crippen molar-refractivity contribution in [1.82, 2.24) is 0 Å². The van der Waals surface area contributed by atoms with Crippen molar-refractivity contribution < 1.29 is 14.3 Å². The first-order valence-corrected chi connectivity index (χ1v) is 7.37. The fraction of sp³-hybridized carbons (Fsp3) is 0.500. The van der Waals surface area contributed by atoms with E-state index in [-0.39, 0.29) is 17.9 Å². The average molecular weight is 290 g/mol. The van der Waals surface area contributed by atoms with Gasteiger partial charge < -0.3 is 15.4 Å². The summed E-state index contributed by atoms with van der Waals surface area (Å²) in [6, 6.07) is 7.11. The molecule has 21 heavy (non-hydrogen) atoms. The molecule has 0 saturated carbocycles. The van der Waals surface area contributed by atoms with E-state index in [2.05, 4.69) is 10.6 Å². The predicted molar refractivity (Wildman–Crippen MR) is 82.1 cm³/mol. The normalized spacial score (nSPS) is 17.8. The number of ether oxygens (including phenoxy) is 1. The van der Waals surface area contributed by atoms with E-state index in [9.17, 15) is 9.59 Å². The molecule has 0 bridgehead atoms. The van der Waals surface area contributed by atoms with E-state index < -0.39 is 0 Å². The van der Waals surface area contributed by atoms with Crippen LogP contribution < -0.4 is 10.6 Å². The zero-order valence-corrected chi connectivity index (χ0v) is 12.5. The van der Waals surface area contributed by atoms with Crippen LogP contribution in [0.1, 0.15) is 33.1 Å². The first-order valence-electron chi connectivity index (χ1n) is 7.37. The molecule has 5 heteroatoms. The summed E-state index contributed by atoms with van der Waals surface area (Å²) >= 11 is 0. The monoisotopic (exact) mass is 290 g/mol. The highest BCUT2D eigenvalue weighted by Crippen LogP contribution is 2.17. The van der Waals surface area contributed by atoms with Crippen molar-refractivity contribution in [3.63, 3.8) is 0 Å². The van der Waals surface area contributed by atoms with E-state index in [4.69, 9.17) is 4.74 Å². The summed E-state index contributed by atoms with van der Waals surface area (Å²) in [5, 5.41) is 5.65. The molecular formula is C16H22N2O3. The largest absolute Gasteiger partial charge is 0.368 e. The third-order valence-electron chi connectivity index (χ3n) is 3.25. The van der Waals surface area contributed by atoms with E-state index in [0.717, 1.165) is 18.5 Å². The van der Waals surface area contributed by atoms with Crippen LogP contribution in [0.3, 0.4) is 0 Å². The maximum absolute atomic E-state index is 11.9. The summed E-state index contributed by atoms with van der Waals surface area (Å²) in [7, 11) is 0. The van der Waals surface area contributed by atoms with Crippen molar-refractivity contribution >= 4 is 23.2 Å². The van der Waals surface area contributed by atoms with Crippen LogP contribution in [0.25, 0.3) is 0 Å². The average Bonchev–Trinajstić information content (AvgIpc) is 2.94. The Morgan fingerprint density at radius 1 is 1.19 bits per heavy atom. The van der Waals surface area contributed by atoms with Crippen LogP contribution in [0.15, 0.2) is 24.3 Å². The Hall–Kier alpha value is -1.88. The van der Waals surface area contributed by atoms with Crippen LogP contribution in [0.4, 0.5) is 11.4 Å². The Kier molecular flexibility index (Phi) is 5.33. The number of amides is 2. The van der Waals surface area contributed by atoms with Crippen molar-refractivity contribution in [2.75, 3.05) is 17.2 Å². The molecular weight excluding hydrogens is 268 g/mol. The van der Waals surface area contributed by atoms with E-state index in [1.54, 1.807) is 24.3 Å². The molecule has 0 radical (unpaired) electrons. The van der Waals surface area contributed by atoms with E-state index in [1.807, 2.05) is 13.8 Å². The van der Waals surface area contributed by atoms with Crippen molar-refractivity contribution in [3.8, 4) is 0 Å². The van der Waals surface area contributed by atoms with Crippen molar-refractivity contribution in [2.24, 2.45) is 5.92 Å². The maximum atomic E-state index is 11.9. The van der Waals surface area contributed by atoms with E-state index in [0.29, 0.717) is 24.6 Å². The van der Waals surface area contributed by atoms with Gasteiger partial charge in [-0.15, -0.1) is 0 Å². The third kappa shape index (κ3) is 4.86. The first-order chi connectivity index (χ1) is 10.0. The second-order valence-corrected chi connectivity index (χ2v) is 5.71. The molecule has 1 fully saturated rings. The van der Waals surface area contributed by atoms with E-state index in [1.165, 1.54) is 0 Å². The minimum atomic E-state index is -0.338. The lowest BCUT2D eigenvalue weighted by Gasteiger charge is -2.11. The zero-order chi connectivity index (χ0) is 15.2.